The number of hydrogen-bond acceptors (Lipinski definition) is 4. The monoisotopic (exact) mass is 434 g/mol. The van der Waals surface area contributed by atoms with Gasteiger partial charge in [0.1, 0.15) is 0 Å². The summed E-state index contributed by atoms with van der Waals surface area (Å²) in [5, 5.41) is 4.53. The number of carbonyl (C=O) groups is 1. The molecule has 1 heterocycles. The lowest BCUT2D eigenvalue weighted by atomic mass is 10.1. The zero-order valence-corrected chi connectivity index (χ0v) is 19.3. The minimum Gasteiger partial charge on any atom is -0.373 e. The maximum absolute atomic E-state index is 12.6. The third kappa shape index (κ3) is 6.79. The number of ether oxygens (including phenoxy) is 1. The molecule has 1 fully saturated rings. The van der Waals surface area contributed by atoms with E-state index in [9.17, 15) is 13.2 Å². The molecule has 1 saturated heterocycles. The van der Waals surface area contributed by atoms with Gasteiger partial charge in [0.05, 0.1) is 24.4 Å². The van der Waals surface area contributed by atoms with Gasteiger partial charge in [0.2, 0.25) is 15.9 Å². The molecule has 1 unspecified atom stereocenters. The highest BCUT2D eigenvalue weighted by molar-refractivity contribution is 7.89. The molecule has 0 aromatic heterocycles. The van der Waals surface area contributed by atoms with Gasteiger partial charge in [-0.3, -0.25) is 4.79 Å². The quantitative estimate of drug-likeness (QED) is 0.671. The summed E-state index contributed by atoms with van der Waals surface area (Å²) >= 11 is 0. The second-order valence-electron chi connectivity index (χ2n) is 8.11. The summed E-state index contributed by atoms with van der Waals surface area (Å²) < 4.78 is 32.9. The third-order valence-electron chi connectivity index (χ3n) is 5.25. The van der Waals surface area contributed by atoms with Crippen LogP contribution in [0.1, 0.15) is 33.6 Å². The molecule has 1 aliphatic heterocycles. The van der Waals surface area contributed by atoms with Gasteiger partial charge in [-0.2, -0.15) is 0 Å². The molecule has 1 aromatic rings. The number of nitrogens with zero attached hydrogens (tertiary/aromatic N) is 1. The molecule has 1 atom stereocenters. The molecule has 1 aliphatic rings. The van der Waals surface area contributed by atoms with Gasteiger partial charge in [-0.25, -0.2) is 12.7 Å². The Balaban J connectivity index is 2.00. The number of rotatable bonds is 8. The first-order chi connectivity index (χ1) is 14.1. The van der Waals surface area contributed by atoms with Gasteiger partial charge in [-0.05, 0) is 42.7 Å². The highest BCUT2D eigenvalue weighted by Crippen LogP contribution is 2.19. The number of nitrogens with one attached hydrogen (secondary N) is 1. The topological polar surface area (TPSA) is 75.7 Å². The van der Waals surface area contributed by atoms with E-state index in [0.29, 0.717) is 32.5 Å². The van der Waals surface area contributed by atoms with Crippen LogP contribution in [0.5, 0.6) is 0 Å². The van der Waals surface area contributed by atoms with Gasteiger partial charge in [0.15, 0.2) is 0 Å². The fraction of sp³-hybridized carbons (Fsp3) is 0.522. The van der Waals surface area contributed by atoms with E-state index in [2.05, 4.69) is 31.8 Å². The number of sulfonamides is 1. The number of allylic oxidation sites excluding steroid dienone is 1. The molecule has 1 aromatic carbocycles. The second kappa shape index (κ2) is 10.9. The van der Waals surface area contributed by atoms with E-state index in [1.54, 1.807) is 6.92 Å². The molecule has 0 spiro atoms. The molecule has 166 valence electrons. The Hall–Kier alpha value is -1.96. The summed E-state index contributed by atoms with van der Waals surface area (Å²) in [6.45, 7) is 11.1. The molecule has 2 rings (SSSR count). The lowest BCUT2D eigenvalue weighted by Gasteiger charge is -2.31. The van der Waals surface area contributed by atoms with Crippen molar-refractivity contribution >= 4 is 28.1 Å². The van der Waals surface area contributed by atoms with Crippen LogP contribution in [0.4, 0.5) is 0 Å². The van der Waals surface area contributed by atoms with Gasteiger partial charge in [-0.15, -0.1) is 0 Å². The van der Waals surface area contributed by atoms with Crippen LogP contribution in [0.3, 0.4) is 0 Å². The molecule has 1 N–H and O–H groups in total. The van der Waals surface area contributed by atoms with Gasteiger partial charge in [0.25, 0.3) is 0 Å². The molecular formula is C23H34N2O4S. The third-order valence-corrected chi connectivity index (χ3v) is 7.32. The minimum atomic E-state index is -3.46. The van der Waals surface area contributed by atoms with E-state index >= 15 is 0 Å². The van der Waals surface area contributed by atoms with Crippen molar-refractivity contribution in [1.82, 2.24) is 9.62 Å². The Morgan fingerprint density at radius 3 is 2.50 bits per heavy atom. The van der Waals surface area contributed by atoms with Crippen LogP contribution < -0.4 is 15.8 Å². The Labute approximate surface area is 180 Å². The fourth-order valence-electron chi connectivity index (χ4n) is 3.61. The summed E-state index contributed by atoms with van der Waals surface area (Å²) in [6.07, 6.45) is 3.40. The van der Waals surface area contributed by atoms with Crippen LogP contribution in [-0.2, 0) is 19.6 Å². The van der Waals surface area contributed by atoms with Crippen molar-refractivity contribution < 1.29 is 17.9 Å². The van der Waals surface area contributed by atoms with E-state index in [0.717, 1.165) is 16.0 Å². The lowest BCUT2D eigenvalue weighted by Crippen LogP contribution is -2.44. The van der Waals surface area contributed by atoms with Gasteiger partial charge in [0, 0.05) is 20.1 Å². The van der Waals surface area contributed by atoms with Gasteiger partial charge < -0.3 is 10.1 Å². The zero-order valence-electron chi connectivity index (χ0n) is 18.5. The first-order valence-corrected chi connectivity index (χ1v) is 12.0. The molecule has 0 bridgehead atoms. The summed E-state index contributed by atoms with van der Waals surface area (Å²) in [4.78, 5) is 11.7. The molecule has 30 heavy (non-hydrogen) atoms. The largest absolute Gasteiger partial charge is 0.373 e. The molecule has 7 heteroatoms. The fourth-order valence-corrected chi connectivity index (χ4v) is 5.37. The number of amides is 1. The van der Waals surface area contributed by atoms with Crippen LogP contribution >= 0.6 is 0 Å². The molecule has 0 radical (unpaired) electrons. The number of carbonyl (C=O) groups excluding carboxylic acids is 1. The Morgan fingerprint density at radius 1 is 1.30 bits per heavy atom. The number of hydrogen-bond donors (Lipinski definition) is 1. The lowest BCUT2D eigenvalue weighted by molar-refractivity contribution is -0.123. The zero-order chi connectivity index (χ0) is 22.3. The molecular weight excluding hydrogens is 400 g/mol. The van der Waals surface area contributed by atoms with Crippen molar-refractivity contribution in [3.63, 3.8) is 0 Å². The van der Waals surface area contributed by atoms with Crippen LogP contribution in [0.2, 0.25) is 0 Å². The average Bonchev–Trinajstić information content (AvgIpc) is 2.70. The average molecular weight is 435 g/mol. The van der Waals surface area contributed by atoms with Crippen molar-refractivity contribution in [2.24, 2.45) is 5.92 Å². The first-order valence-electron chi connectivity index (χ1n) is 10.4. The van der Waals surface area contributed by atoms with Crippen molar-refractivity contribution in [3.05, 3.63) is 46.4 Å². The van der Waals surface area contributed by atoms with E-state index in [1.165, 1.54) is 16.9 Å². The van der Waals surface area contributed by atoms with Gasteiger partial charge in [-0.1, -0.05) is 49.4 Å². The number of benzene rings is 1. The van der Waals surface area contributed by atoms with E-state index < -0.39 is 15.9 Å². The minimum absolute atomic E-state index is 0.00496. The molecule has 0 saturated carbocycles. The SMILES string of the molecule is C=c1cccc/c1=C(/C=C(C)C)COC1CCN(S(=O)(=O)CC(C)C(=O)NC)CC1. The number of piperidine rings is 1. The Morgan fingerprint density at radius 2 is 1.93 bits per heavy atom. The van der Waals surface area contributed by atoms with E-state index in [-0.39, 0.29) is 17.8 Å². The van der Waals surface area contributed by atoms with Crippen molar-refractivity contribution in [2.75, 3.05) is 32.5 Å². The standard InChI is InChI=1S/C23H34N2O4S/c1-17(2)14-20(22-9-7-6-8-18(22)3)15-29-21-10-12-25(13-11-21)30(27,28)16-19(4)23(26)24-5/h6-9,14,19,21H,3,10-13,15-16H2,1-2,4-5H3,(H,24,26)/b22-20+. The van der Waals surface area contributed by atoms with Crippen molar-refractivity contribution in [1.29, 1.82) is 0 Å². The highest BCUT2D eigenvalue weighted by atomic mass is 32.2. The Kier molecular flexibility index (Phi) is 8.82. The van der Waals surface area contributed by atoms with Crippen molar-refractivity contribution in [3.8, 4) is 0 Å². The predicted molar refractivity (Wildman–Crippen MR) is 122 cm³/mol. The van der Waals surface area contributed by atoms with E-state index in [4.69, 9.17) is 4.74 Å². The molecule has 0 aliphatic carbocycles. The summed E-state index contributed by atoms with van der Waals surface area (Å²) in [5.74, 6) is -1.00. The van der Waals surface area contributed by atoms with Gasteiger partial charge >= 0.3 is 0 Å². The van der Waals surface area contributed by atoms with Crippen LogP contribution in [0.15, 0.2) is 35.9 Å². The normalized spacial score (nSPS) is 17.9. The van der Waals surface area contributed by atoms with Crippen LogP contribution in [0.25, 0.3) is 12.2 Å². The summed E-state index contributed by atoms with van der Waals surface area (Å²) in [6, 6.07) is 7.99. The second-order valence-corrected chi connectivity index (χ2v) is 10.1. The van der Waals surface area contributed by atoms with E-state index in [1.807, 2.05) is 24.3 Å². The maximum atomic E-state index is 12.6. The summed E-state index contributed by atoms with van der Waals surface area (Å²) in [7, 11) is -1.95. The van der Waals surface area contributed by atoms with Crippen LogP contribution in [0, 0.1) is 5.92 Å². The molecule has 6 nitrogen and oxygen atoms in total. The van der Waals surface area contributed by atoms with Crippen molar-refractivity contribution in [2.45, 2.75) is 39.7 Å². The Bertz CT molecular complexity index is 973. The summed E-state index contributed by atoms with van der Waals surface area (Å²) in [5.41, 5.74) is 2.26. The van der Waals surface area contributed by atoms with Crippen LogP contribution in [-0.4, -0.2) is 57.2 Å². The smallest absolute Gasteiger partial charge is 0.223 e. The predicted octanol–water partition coefficient (Wildman–Crippen LogP) is 1.41. The highest BCUT2D eigenvalue weighted by Gasteiger charge is 2.31. The maximum Gasteiger partial charge on any atom is 0.223 e. The first kappa shape index (κ1) is 24.3. The molecule has 1 amide bonds.